The van der Waals surface area contributed by atoms with Gasteiger partial charge in [-0.05, 0) is 50.2 Å². The average molecular weight is 275 g/mol. The van der Waals surface area contributed by atoms with Crippen LogP contribution < -0.4 is 4.74 Å². The van der Waals surface area contributed by atoms with Crippen molar-refractivity contribution in [1.29, 1.82) is 0 Å². The van der Waals surface area contributed by atoms with E-state index in [2.05, 4.69) is 24.1 Å². The summed E-state index contributed by atoms with van der Waals surface area (Å²) in [7, 11) is 0. The molecule has 1 aliphatic carbocycles. The minimum atomic E-state index is -0.985. The largest absolute Gasteiger partial charge is 0.477 e. The van der Waals surface area contributed by atoms with Crippen molar-refractivity contribution in [3.63, 3.8) is 0 Å². The molecule has 0 saturated heterocycles. The van der Waals surface area contributed by atoms with Gasteiger partial charge in [-0.3, -0.25) is 0 Å². The van der Waals surface area contributed by atoms with E-state index in [1.807, 2.05) is 6.92 Å². The topological polar surface area (TPSA) is 59.4 Å². The summed E-state index contributed by atoms with van der Waals surface area (Å²) >= 11 is 0. The van der Waals surface area contributed by atoms with Crippen molar-refractivity contribution in [2.24, 2.45) is 11.8 Å². The highest BCUT2D eigenvalue weighted by atomic mass is 16.5. The number of hydrogen-bond acceptors (Lipinski definition) is 3. The fourth-order valence-electron chi connectivity index (χ4n) is 2.59. The normalized spacial score (nSPS) is 21.8. The first-order chi connectivity index (χ1) is 9.49. The molecule has 4 heteroatoms. The van der Waals surface area contributed by atoms with Crippen LogP contribution in [0, 0.1) is 25.7 Å². The molecule has 2 unspecified atom stereocenters. The van der Waals surface area contributed by atoms with E-state index in [-0.39, 0.29) is 11.4 Å². The number of carboxylic acids is 1. The fraction of sp³-hybridized carbons (Fsp3) is 0.500. The van der Waals surface area contributed by atoms with Crippen molar-refractivity contribution in [2.75, 3.05) is 6.61 Å². The van der Waals surface area contributed by atoms with Crippen molar-refractivity contribution >= 4 is 5.97 Å². The predicted molar refractivity (Wildman–Crippen MR) is 77.2 cm³/mol. The van der Waals surface area contributed by atoms with Gasteiger partial charge in [0.2, 0.25) is 5.88 Å². The van der Waals surface area contributed by atoms with Gasteiger partial charge in [-0.1, -0.05) is 19.1 Å². The van der Waals surface area contributed by atoms with E-state index in [0.29, 0.717) is 24.0 Å². The number of carboxylic acid groups (broad SMARTS) is 1. The minimum Gasteiger partial charge on any atom is -0.477 e. The maximum atomic E-state index is 11.3. The molecule has 20 heavy (non-hydrogen) atoms. The Morgan fingerprint density at radius 3 is 2.75 bits per heavy atom. The summed E-state index contributed by atoms with van der Waals surface area (Å²) in [6.07, 6.45) is 6.40. The Kier molecular flexibility index (Phi) is 4.42. The van der Waals surface area contributed by atoms with Crippen molar-refractivity contribution in [3.8, 4) is 5.88 Å². The molecule has 2 rings (SSSR count). The van der Waals surface area contributed by atoms with E-state index >= 15 is 0 Å². The molecule has 1 aromatic rings. The Morgan fingerprint density at radius 2 is 2.10 bits per heavy atom. The molecule has 0 amide bonds. The summed E-state index contributed by atoms with van der Waals surface area (Å²) in [6.45, 7) is 6.33. The van der Waals surface area contributed by atoms with Gasteiger partial charge >= 0.3 is 5.97 Å². The van der Waals surface area contributed by atoms with Gasteiger partial charge in [0, 0.05) is 5.69 Å². The van der Waals surface area contributed by atoms with E-state index < -0.39 is 5.97 Å². The number of aryl methyl sites for hydroxylation is 2. The highest BCUT2D eigenvalue weighted by Gasteiger charge is 2.22. The van der Waals surface area contributed by atoms with Crippen LogP contribution in [0.5, 0.6) is 5.88 Å². The third kappa shape index (κ3) is 3.18. The number of allylic oxidation sites excluding steroid dienone is 2. The second kappa shape index (κ2) is 6.07. The fourth-order valence-corrected chi connectivity index (χ4v) is 2.59. The molecule has 0 bridgehead atoms. The van der Waals surface area contributed by atoms with Crippen LogP contribution in [0.15, 0.2) is 18.2 Å². The lowest BCUT2D eigenvalue weighted by Gasteiger charge is -2.25. The molecule has 1 heterocycles. The van der Waals surface area contributed by atoms with Crippen LogP contribution in [0.25, 0.3) is 0 Å². The van der Waals surface area contributed by atoms with Crippen LogP contribution in [0.2, 0.25) is 0 Å². The van der Waals surface area contributed by atoms with Crippen LogP contribution >= 0.6 is 0 Å². The maximum Gasteiger partial charge on any atom is 0.341 e. The number of rotatable bonds is 4. The first-order valence-corrected chi connectivity index (χ1v) is 6.98. The van der Waals surface area contributed by atoms with Gasteiger partial charge < -0.3 is 9.84 Å². The monoisotopic (exact) mass is 275 g/mol. The van der Waals surface area contributed by atoms with Crippen molar-refractivity contribution in [3.05, 3.63) is 35.0 Å². The molecular weight excluding hydrogens is 254 g/mol. The molecule has 1 aromatic heterocycles. The lowest BCUT2D eigenvalue weighted by Crippen LogP contribution is -2.22. The molecule has 0 radical (unpaired) electrons. The Morgan fingerprint density at radius 1 is 1.40 bits per heavy atom. The summed E-state index contributed by atoms with van der Waals surface area (Å²) in [5.41, 5.74) is 1.64. The van der Waals surface area contributed by atoms with E-state index in [0.717, 1.165) is 18.5 Å². The lowest BCUT2D eigenvalue weighted by atomic mass is 9.85. The smallest absolute Gasteiger partial charge is 0.341 e. The van der Waals surface area contributed by atoms with Gasteiger partial charge in [-0.2, -0.15) is 0 Å². The molecule has 0 aromatic carbocycles. The molecule has 0 saturated carbocycles. The molecule has 4 nitrogen and oxygen atoms in total. The summed E-state index contributed by atoms with van der Waals surface area (Å²) < 4.78 is 5.74. The van der Waals surface area contributed by atoms with Crippen molar-refractivity contribution in [1.82, 2.24) is 4.98 Å². The van der Waals surface area contributed by atoms with Crippen molar-refractivity contribution in [2.45, 2.75) is 33.6 Å². The number of ether oxygens (including phenoxy) is 1. The second-order valence-corrected chi connectivity index (χ2v) is 5.56. The third-order valence-corrected chi connectivity index (χ3v) is 3.88. The van der Waals surface area contributed by atoms with Gasteiger partial charge in [0.1, 0.15) is 5.56 Å². The minimum absolute atomic E-state index is 0.176. The van der Waals surface area contributed by atoms with E-state index in [4.69, 9.17) is 4.74 Å². The van der Waals surface area contributed by atoms with Crippen molar-refractivity contribution < 1.29 is 14.6 Å². The second-order valence-electron chi connectivity index (χ2n) is 5.56. The van der Waals surface area contributed by atoms with Gasteiger partial charge in [-0.15, -0.1) is 0 Å². The van der Waals surface area contributed by atoms with Gasteiger partial charge in [-0.25, -0.2) is 9.78 Å². The Hall–Kier alpha value is -1.84. The Bertz CT molecular complexity index is 537. The zero-order valence-electron chi connectivity index (χ0n) is 12.2. The number of aromatic nitrogens is 1. The molecule has 0 aliphatic heterocycles. The SMILES string of the molecule is Cc1cc(C)c(C(=O)O)c(OCC2CC=CCC2C)n1. The molecule has 1 N–H and O–H groups in total. The van der Waals surface area contributed by atoms with Gasteiger partial charge in [0.05, 0.1) is 6.61 Å². The number of nitrogens with zero attached hydrogens (tertiary/aromatic N) is 1. The summed E-state index contributed by atoms with van der Waals surface area (Å²) in [4.78, 5) is 15.6. The van der Waals surface area contributed by atoms with Crippen LogP contribution in [0.4, 0.5) is 0 Å². The molecule has 1 aliphatic rings. The highest BCUT2D eigenvalue weighted by molar-refractivity contribution is 5.91. The Labute approximate surface area is 119 Å². The summed E-state index contributed by atoms with van der Waals surface area (Å²) in [5.74, 6) is 0.238. The van der Waals surface area contributed by atoms with Gasteiger partial charge in [0.25, 0.3) is 0 Å². The molecule has 0 fully saturated rings. The zero-order valence-corrected chi connectivity index (χ0v) is 12.2. The summed E-state index contributed by atoms with van der Waals surface area (Å²) in [5, 5.41) is 9.30. The van der Waals surface area contributed by atoms with Crippen LogP contribution in [0.3, 0.4) is 0 Å². The van der Waals surface area contributed by atoms with E-state index in [1.54, 1.807) is 13.0 Å². The molecule has 2 atom stereocenters. The standard InChI is InChI=1S/C16H21NO3/c1-10-6-4-5-7-13(10)9-20-15-14(16(18)19)11(2)8-12(3)17-15/h4-5,8,10,13H,6-7,9H2,1-3H3,(H,18,19). The maximum absolute atomic E-state index is 11.3. The summed E-state index contributed by atoms with van der Waals surface area (Å²) in [6, 6.07) is 1.77. The molecule has 108 valence electrons. The first kappa shape index (κ1) is 14.6. The molecular formula is C16H21NO3. The lowest BCUT2D eigenvalue weighted by molar-refractivity contribution is 0.0688. The number of pyridine rings is 1. The van der Waals surface area contributed by atoms with Crippen LogP contribution in [-0.4, -0.2) is 22.7 Å². The average Bonchev–Trinajstić information content (AvgIpc) is 2.36. The number of carbonyl (C=O) groups is 1. The number of hydrogen-bond donors (Lipinski definition) is 1. The quantitative estimate of drug-likeness (QED) is 0.856. The van der Waals surface area contributed by atoms with Gasteiger partial charge in [0.15, 0.2) is 0 Å². The first-order valence-electron chi connectivity index (χ1n) is 6.98. The predicted octanol–water partition coefficient (Wildman–Crippen LogP) is 3.38. The molecule has 0 spiro atoms. The highest BCUT2D eigenvalue weighted by Crippen LogP contribution is 2.27. The zero-order chi connectivity index (χ0) is 14.7. The Balaban J connectivity index is 2.16. The third-order valence-electron chi connectivity index (χ3n) is 3.88. The van der Waals surface area contributed by atoms with Crippen LogP contribution in [0.1, 0.15) is 41.4 Å². The van der Waals surface area contributed by atoms with E-state index in [9.17, 15) is 9.90 Å². The van der Waals surface area contributed by atoms with Crippen LogP contribution in [-0.2, 0) is 0 Å². The van der Waals surface area contributed by atoms with E-state index in [1.165, 1.54) is 0 Å². The number of aromatic carboxylic acids is 1.